The third-order valence-electron chi connectivity index (χ3n) is 4.98. The normalized spacial score (nSPS) is 20.5. The van der Waals surface area contributed by atoms with E-state index >= 15 is 0 Å². The van der Waals surface area contributed by atoms with Crippen LogP contribution in [0.3, 0.4) is 0 Å². The first-order chi connectivity index (χ1) is 14.4. The summed E-state index contributed by atoms with van der Waals surface area (Å²) in [6, 6.07) is 17.0. The van der Waals surface area contributed by atoms with E-state index < -0.39 is 27.4 Å². The minimum absolute atomic E-state index is 0.00304. The van der Waals surface area contributed by atoms with Gasteiger partial charge in [-0.3, -0.25) is 4.79 Å². The van der Waals surface area contributed by atoms with Gasteiger partial charge in [-0.25, -0.2) is 8.42 Å². The van der Waals surface area contributed by atoms with E-state index in [0.29, 0.717) is 5.56 Å². The highest BCUT2D eigenvalue weighted by Gasteiger charge is 2.61. The Kier molecular flexibility index (Phi) is 6.18. The molecule has 0 aliphatic carbocycles. The molecule has 0 bridgehead atoms. The molecule has 154 valence electrons. The Bertz CT molecular complexity index is 1150. The number of carbonyl (C=O) groups excluding carboxylic acids is 1. The fourth-order valence-electron chi connectivity index (χ4n) is 3.58. The molecule has 1 aliphatic rings. The van der Waals surface area contributed by atoms with Gasteiger partial charge in [0, 0.05) is 17.0 Å². The first kappa shape index (κ1) is 21.8. The highest BCUT2D eigenvalue weighted by Crippen LogP contribution is 2.49. The van der Waals surface area contributed by atoms with E-state index in [4.69, 9.17) is 4.74 Å². The minimum atomic E-state index is -4.14. The molecule has 2 aromatic carbocycles. The van der Waals surface area contributed by atoms with Crippen LogP contribution >= 0.6 is 11.8 Å². The zero-order valence-electron chi connectivity index (χ0n) is 16.4. The molecule has 2 atom stereocenters. The average molecular weight is 442 g/mol. The average Bonchev–Trinajstić information content (AvgIpc) is 2.94. The summed E-state index contributed by atoms with van der Waals surface area (Å²) < 4.78 is 32.7. The van der Waals surface area contributed by atoms with E-state index in [9.17, 15) is 23.7 Å². The van der Waals surface area contributed by atoms with E-state index in [2.05, 4.69) is 0 Å². The van der Waals surface area contributed by atoms with Crippen molar-refractivity contribution in [1.29, 1.82) is 10.5 Å². The second-order valence-electron chi connectivity index (χ2n) is 6.55. The molecule has 0 fully saturated rings. The van der Waals surface area contributed by atoms with E-state index in [1.807, 2.05) is 30.5 Å². The van der Waals surface area contributed by atoms with Gasteiger partial charge in [-0.2, -0.15) is 14.8 Å². The maximum absolute atomic E-state index is 13.4. The number of hydrogen-bond acceptors (Lipinski definition) is 7. The standard InChI is InChI=1S/C21H19N3O4S2/c1-3-28-20(25)18(12-22)21(14-23)17-6-4-5-7-19(17)30(26,27)24(21)13-15-8-10-16(29-2)11-9-15/h4-11,18H,3,13H2,1-2H3. The number of fused-ring (bicyclic) bond motifs is 1. The Balaban J connectivity index is 2.22. The number of hydrogen-bond donors (Lipinski definition) is 0. The first-order valence-electron chi connectivity index (χ1n) is 9.09. The van der Waals surface area contributed by atoms with Crippen molar-refractivity contribution in [3.05, 3.63) is 59.7 Å². The van der Waals surface area contributed by atoms with Gasteiger partial charge in [0.1, 0.15) is 0 Å². The van der Waals surface area contributed by atoms with Crippen LogP contribution in [0.4, 0.5) is 0 Å². The van der Waals surface area contributed by atoms with Crippen LogP contribution in [0.15, 0.2) is 58.3 Å². The monoisotopic (exact) mass is 441 g/mol. The fraction of sp³-hybridized carbons (Fsp3) is 0.286. The number of ether oxygens (including phenoxy) is 1. The van der Waals surface area contributed by atoms with Crippen LogP contribution in [0.25, 0.3) is 0 Å². The van der Waals surface area contributed by atoms with Gasteiger partial charge in [-0.05, 0) is 36.9 Å². The summed E-state index contributed by atoms with van der Waals surface area (Å²) in [4.78, 5) is 13.5. The summed E-state index contributed by atoms with van der Waals surface area (Å²) in [7, 11) is -4.14. The quantitative estimate of drug-likeness (QED) is 0.500. The number of rotatable bonds is 6. The molecular formula is C21H19N3O4S2. The van der Waals surface area contributed by atoms with Gasteiger partial charge in [0.2, 0.25) is 10.0 Å². The molecule has 0 N–H and O–H groups in total. The molecule has 0 saturated carbocycles. The minimum Gasteiger partial charge on any atom is -0.465 e. The van der Waals surface area contributed by atoms with Gasteiger partial charge in [-0.1, -0.05) is 30.3 Å². The lowest BCUT2D eigenvalue weighted by molar-refractivity contribution is -0.149. The van der Waals surface area contributed by atoms with Crippen LogP contribution in [-0.2, 0) is 31.6 Å². The molecule has 0 aromatic heterocycles. The number of sulfonamides is 1. The number of nitrogens with zero attached hydrogens (tertiary/aromatic N) is 3. The summed E-state index contributed by atoms with van der Waals surface area (Å²) in [5.74, 6) is -2.58. The highest BCUT2D eigenvalue weighted by molar-refractivity contribution is 7.98. The molecule has 3 rings (SSSR count). The van der Waals surface area contributed by atoms with Crippen LogP contribution in [0.1, 0.15) is 18.1 Å². The Morgan fingerprint density at radius 2 is 1.87 bits per heavy atom. The van der Waals surface area contributed by atoms with Crippen molar-refractivity contribution in [2.24, 2.45) is 5.92 Å². The van der Waals surface area contributed by atoms with Crippen LogP contribution in [-0.4, -0.2) is 31.6 Å². The number of thioether (sulfide) groups is 1. The maximum atomic E-state index is 13.4. The Morgan fingerprint density at radius 1 is 1.20 bits per heavy atom. The molecule has 7 nitrogen and oxygen atoms in total. The van der Waals surface area contributed by atoms with Crippen LogP contribution in [0, 0.1) is 28.6 Å². The van der Waals surface area contributed by atoms with Gasteiger partial charge in [-0.15, -0.1) is 11.8 Å². The second kappa shape index (κ2) is 8.49. The summed E-state index contributed by atoms with van der Waals surface area (Å²) in [5, 5.41) is 20.0. The predicted molar refractivity (Wildman–Crippen MR) is 110 cm³/mol. The second-order valence-corrected chi connectivity index (χ2v) is 9.26. The van der Waals surface area contributed by atoms with Crippen LogP contribution in [0.5, 0.6) is 0 Å². The molecule has 9 heteroatoms. The van der Waals surface area contributed by atoms with Gasteiger partial charge in [0.05, 0.1) is 23.6 Å². The summed E-state index contributed by atoms with van der Waals surface area (Å²) >= 11 is 1.54. The van der Waals surface area contributed by atoms with Crippen LogP contribution in [0.2, 0.25) is 0 Å². The van der Waals surface area contributed by atoms with Crippen molar-refractivity contribution in [2.45, 2.75) is 28.8 Å². The largest absolute Gasteiger partial charge is 0.465 e. The number of benzene rings is 2. The molecule has 0 radical (unpaired) electrons. The van der Waals surface area contributed by atoms with Crippen molar-refractivity contribution >= 4 is 27.8 Å². The number of carbonyl (C=O) groups is 1. The summed E-state index contributed by atoms with van der Waals surface area (Å²) in [6.07, 6.45) is 1.92. The van der Waals surface area contributed by atoms with Gasteiger partial charge in [0.15, 0.2) is 11.5 Å². The van der Waals surface area contributed by atoms with Gasteiger partial charge in [0.25, 0.3) is 0 Å². The predicted octanol–water partition coefficient (Wildman–Crippen LogP) is 3.03. The zero-order chi connectivity index (χ0) is 21.9. The van der Waals surface area contributed by atoms with Crippen molar-refractivity contribution in [3.63, 3.8) is 0 Å². The molecular weight excluding hydrogens is 422 g/mol. The molecule has 1 heterocycles. The molecule has 1 aliphatic heterocycles. The smallest absolute Gasteiger partial charge is 0.326 e. The molecule has 2 aromatic rings. The molecule has 30 heavy (non-hydrogen) atoms. The lowest BCUT2D eigenvalue weighted by atomic mass is 9.79. The summed E-state index contributed by atoms with van der Waals surface area (Å²) in [6.45, 7) is 1.41. The van der Waals surface area contributed by atoms with Crippen molar-refractivity contribution in [2.75, 3.05) is 12.9 Å². The Morgan fingerprint density at radius 3 is 2.43 bits per heavy atom. The van der Waals surface area contributed by atoms with E-state index in [1.54, 1.807) is 43.0 Å². The fourth-order valence-corrected chi connectivity index (χ4v) is 5.92. The summed E-state index contributed by atoms with van der Waals surface area (Å²) in [5.41, 5.74) is -1.30. The molecule has 0 amide bonds. The third-order valence-corrected chi connectivity index (χ3v) is 7.64. The maximum Gasteiger partial charge on any atom is 0.326 e. The highest BCUT2D eigenvalue weighted by atomic mass is 32.2. The van der Waals surface area contributed by atoms with E-state index in [-0.39, 0.29) is 23.6 Å². The van der Waals surface area contributed by atoms with E-state index in [0.717, 1.165) is 9.20 Å². The van der Waals surface area contributed by atoms with Gasteiger partial charge < -0.3 is 4.74 Å². The topological polar surface area (TPSA) is 111 Å². The van der Waals surface area contributed by atoms with Crippen LogP contribution < -0.4 is 0 Å². The van der Waals surface area contributed by atoms with Crippen molar-refractivity contribution < 1.29 is 17.9 Å². The first-order valence-corrected chi connectivity index (χ1v) is 11.8. The number of esters is 1. The Labute approximate surface area is 179 Å². The molecule has 0 saturated heterocycles. The van der Waals surface area contributed by atoms with Crippen molar-refractivity contribution in [3.8, 4) is 12.1 Å². The Hall–Kier alpha value is -2.85. The lowest BCUT2D eigenvalue weighted by Gasteiger charge is -2.33. The third kappa shape index (κ3) is 3.35. The molecule has 2 unspecified atom stereocenters. The van der Waals surface area contributed by atoms with E-state index in [1.165, 1.54) is 12.1 Å². The lowest BCUT2D eigenvalue weighted by Crippen LogP contribution is -2.50. The van der Waals surface area contributed by atoms with Crippen molar-refractivity contribution in [1.82, 2.24) is 4.31 Å². The van der Waals surface area contributed by atoms with Gasteiger partial charge >= 0.3 is 5.97 Å². The molecule has 0 spiro atoms. The zero-order valence-corrected chi connectivity index (χ0v) is 18.0. The number of nitriles is 2. The SMILES string of the molecule is CCOC(=O)C(C#N)C1(C#N)c2ccccc2S(=O)(=O)N1Cc1ccc(SC)cc1.